The molecule has 0 saturated heterocycles. The first kappa shape index (κ1) is 25.2. The van der Waals surface area contributed by atoms with E-state index in [2.05, 4.69) is 9.55 Å². The number of nitrogens with zero attached hydrogens (tertiary/aromatic N) is 4. The molecule has 1 spiro atoms. The molecule has 2 heterocycles. The molecule has 6 rings (SSSR count). The van der Waals surface area contributed by atoms with Gasteiger partial charge in [-0.15, -0.1) is 0 Å². The zero-order chi connectivity index (χ0) is 26.8. The molecule has 0 amide bonds. The number of aliphatic imine (C=N–C) groups is 1. The number of esters is 1. The van der Waals surface area contributed by atoms with Crippen molar-refractivity contribution in [2.45, 2.75) is 57.9 Å². The minimum absolute atomic E-state index is 0.281. The van der Waals surface area contributed by atoms with Crippen LogP contribution in [0.1, 0.15) is 51.0 Å². The Bertz CT molecular complexity index is 1530. The summed E-state index contributed by atoms with van der Waals surface area (Å²) >= 11 is 0. The molecule has 0 N–H and O–H groups in total. The van der Waals surface area contributed by atoms with Crippen LogP contribution >= 0.6 is 0 Å². The number of ether oxygens (including phenoxy) is 1. The fourth-order valence-corrected chi connectivity index (χ4v) is 5.99. The van der Waals surface area contributed by atoms with Gasteiger partial charge in [-0.1, -0.05) is 61.7 Å². The van der Waals surface area contributed by atoms with Gasteiger partial charge >= 0.3 is 5.97 Å². The van der Waals surface area contributed by atoms with E-state index in [-0.39, 0.29) is 11.8 Å². The Hall–Kier alpha value is -4.13. The topological polar surface area (TPSA) is 86.4 Å². The molecule has 7 nitrogen and oxygen atoms in total. The first-order valence-corrected chi connectivity index (χ1v) is 13.8. The lowest BCUT2D eigenvalue weighted by Crippen LogP contribution is -2.52. The lowest BCUT2D eigenvalue weighted by Gasteiger charge is -2.44. The first-order valence-electron chi connectivity index (χ1n) is 13.8. The van der Waals surface area contributed by atoms with Crippen LogP contribution in [0.15, 0.2) is 77.9 Å². The third-order valence-corrected chi connectivity index (χ3v) is 8.06. The number of carbonyl (C=O) groups excluding carboxylic acids is 2. The highest BCUT2D eigenvalue weighted by atomic mass is 16.5. The minimum atomic E-state index is -0.659. The number of imidazole rings is 1. The molecule has 2 aromatic heterocycles. The van der Waals surface area contributed by atoms with Crippen molar-refractivity contribution in [2.75, 3.05) is 6.61 Å². The van der Waals surface area contributed by atoms with Gasteiger partial charge in [0, 0.05) is 36.0 Å². The summed E-state index contributed by atoms with van der Waals surface area (Å²) in [6.07, 6.45) is 7.50. The fraction of sp³-hybridized carbons (Fsp3) is 0.344. The van der Waals surface area contributed by atoms with E-state index in [1.54, 1.807) is 13.1 Å². The third kappa shape index (κ3) is 4.67. The minimum Gasteiger partial charge on any atom is -0.464 e. The monoisotopic (exact) mass is 520 g/mol. The number of benzene rings is 2. The maximum absolute atomic E-state index is 12.9. The van der Waals surface area contributed by atoms with Gasteiger partial charge in [0.2, 0.25) is 0 Å². The third-order valence-electron chi connectivity index (χ3n) is 8.06. The molecular weight excluding hydrogens is 488 g/mol. The van der Waals surface area contributed by atoms with Gasteiger partial charge in [-0.2, -0.15) is 0 Å². The summed E-state index contributed by atoms with van der Waals surface area (Å²) in [6, 6.07) is 21.4. The van der Waals surface area contributed by atoms with Crippen LogP contribution in [0.5, 0.6) is 0 Å². The highest BCUT2D eigenvalue weighted by Gasteiger charge is 2.52. The molecule has 2 saturated carbocycles. The summed E-state index contributed by atoms with van der Waals surface area (Å²) < 4.78 is 7.45. The van der Waals surface area contributed by atoms with Crippen molar-refractivity contribution in [3.8, 4) is 17.1 Å². The number of ketones is 1. The zero-order valence-corrected chi connectivity index (χ0v) is 22.2. The van der Waals surface area contributed by atoms with Crippen molar-refractivity contribution in [3.05, 3.63) is 78.5 Å². The molecule has 0 bridgehead atoms. The summed E-state index contributed by atoms with van der Waals surface area (Å²) in [5.41, 5.74) is 4.98. The Morgan fingerprint density at radius 2 is 1.79 bits per heavy atom. The van der Waals surface area contributed by atoms with E-state index in [4.69, 9.17) is 14.7 Å². The van der Waals surface area contributed by atoms with Crippen molar-refractivity contribution in [3.63, 3.8) is 0 Å². The fourth-order valence-electron chi connectivity index (χ4n) is 5.99. The van der Waals surface area contributed by atoms with E-state index in [1.165, 1.54) is 0 Å². The normalized spacial score (nSPS) is 18.3. The van der Waals surface area contributed by atoms with E-state index < -0.39 is 11.5 Å². The zero-order valence-electron chi connectivity index (χ0n) is 22.2. The smallest absolute Gasteiger partial charge is 0.331 e. The van der Waals surface area contributed by atoms with Crippen molar-refractivity contribution >= 4 is 28.6 Å². The van der Waals surface area contributed by atoms with Crippen molar-refractivity contribution in [1.82, 2.24) is 14.5 Å². The molecule has 2 aliphatic carbocycles. The number of aromatic nitrogens is 3. The molecule has 0 unspecified atom stereocenters. The highest BCUT2D eigenvalue weighted by molar-refractivity contribution is 6.27. The van der Waals surface area contributed by atoms with Crippen LogP contribution in [0.2, 0.25) is 0 Å². The highest BCUT2D eigenvalue weighted by Crippen LogP contribution is 2.47. The predicted molar refractivity (Wildman–Crippen MR) is 151 cm³/mol. The van der Waals surface area contributed by atoms with Crippen molar-refractivity contribution in [2.24, 2.45) is 10.4 Å². The Balaban J connectivity index is 1.31. The summed E-state index contributed by atoms with van der Waals surface area (Å²) in [5.74, 6) is 0.763. The Labute approximate surface area is 228 Å². The summed E-state index contributed by atoms with van der Waals surface area (Å²) in [5, 5.41) is 0. The quantitative estimate of drug-likeness (QED) is 0.282. The van der Waals surface area contributed by atoms with Gasteiger partial charge in [-0.05, 0) is 49.6 Å². The Kier molecular flexibility index (Phi) is 6.81. The second kappa shape index (κ2) is 10.6. The van der Waals surface area contributed by atoms with Gasteiger partial charge in [0.1, 0.15) is 17.1 Å². The van der Waals surface area contributed by atoms with Crippen LogP contribution in [0.4, 0.5) is 0 Å². The second-order valence-corrected chi connectivity index (χ2v) is 10.4. The van der Waals surface area contributed by atoms with Crippen LogP contribution in [-0.4, -0.2) is 44.6 Å². The van der Waals surface area contributed by atoms with Crippen molar-refractivity contribution < 1.29 is 14.3 Å². The van der Waals surface area contributed by atoms with Gasteiger partial charge in [0.05, 0.1) is 12.0 Å². The number of hydrogen-bond donors (Lipinski definition) is 0. The Morgan fingerprint density at radius 3 is 2.51 bits per heavy atom. The van der Waals surface area contributed by atoms with Crippen LogP contribution in [-0.2, 0) is 20.7 Å². The van der Waals surface area contributed by atoms with Crippen LogP contribution in [0, 0.1) is 5.41 Å². The average molecular weight is 521 g/mol. The Morgan fingerprint density at radius 1 is 1.03 bits per heavy atom. The number of Topliss-reactive ketones (excluding diaryl/α,β-unsaturated/α-hetero) is 1. The lowest BCUT2D eigenvalue weighted by atomic mass is 9.58. The molecular formula is C32H32N4O3. The van der Waals surface area contributed by atoms with E-state index in [0.29, 0.717) is 19.4 Å². The molecule has 0 aliphatic heterocycles. The van der Waals surface area contributed by atoms with Gasteiger partial charge in [0.25, 0.3) is 0 Å². The van der Waals surface area contributed by atoms with Gasteiger partial charge < -0.3 is 4.74 Å². The largest absolute Gasteiger partial charge is 0.464 e. The van der Waals surface area contributed by atoms with E-state index in [0.717, 1.165) is 71.6 Å². The molecule has 39 heavy (non-hydrogen) atoms. The van der Waals surface area contributed by atoms with Crippen LogP contribution in [0.25, 0.3) is 28.2 Å². The number of hydrogen-bond acceptors (Lipinski definition) is 6. The van der Waals surface area contributed by atoms with Gasteiger partial charge in [-0.3, -0.25) is 14.4 Å². The molecule has 2 aliphatic rings. The maximum atomic E-state index is 12.9. The number of carbonyl (C=O) groups is 2. The standard InChI is InChI=1S/C32H32N4O3/c1-2-39-31(38)26(34-27-21-28(37)32(27)17-7-4-8-18-32)20-22-13-15-24(16-14-22)36-29(23-10-5-3-6-11-23)35-25-12-9-19-33-30(25)36/h3,5-6,9-16,19,26H,2,4,7-8,17-18,20-21H2,1H3/t26-/m0/s1. The molecule has 7 heteroatoms. The lowest BCUT2D eigenvalue weighted by molar-refractivity contribution is -0.144. The second-order valence-electron chi connectivity index (χ2n) is 10.4. The number of fused-ring (bicyclic) bond motifs is 1. The molecule has 2 fully saturated rings. The van der Waals surface area contributed by atoms with Gasteiger partial charge in [0.15, 0.2) is 11.7 Å². The molecule has 0 radical (unpaired) electrons. The van der Waals surface area contributed by atoms with E-state index in [1.807, 2.05) is 66.7 Å². The van der Waals surface area contributed by atoms with Crippen LogP contribution in [0.3, 0.4) is 0 Å². The molecule has 2 aromatic carbocycles. The first-order chi connectivity index (χ1) is 19.1. The van der Waals surface area contributed by atoms with E-state index >= 15 is 0 Å². The number of pyridine rings is 1. The summed E-state index contributed by atoms with van der Waals surface area (Å²) in [6.45, 7) is 2.10. The van der Waals surface area contributed by atoms with E-state index in [9.17, 15) is 9.59 Å². The predicted octanol–water partition coefficient (Wildman–Crippen LogP) is 5.93. The van der Waals surface area contributed by atoms with Crippen LogP contribution < -0.4 is 0 Å². The number of rotatable bonds is 7. The molecule has 4 aromatic rings. The SMILES string of the molecule is CCOC(=O)[C@H](Cc1ccc(-n2c(-c3ccccc3)nc3cccnc32)cc1)N=C1CC(=O)C12CCCCC2. The maximum Gasteiger partial charge on any atom is 0.331 e. The summed E-state index contributed by atoms with van der Waals surface area (Å²) in [4.78, 5) is 39.9. The average Bonchev–Trinajstić information content (AvgIpc) is 3.37. The van der Waals surface area contributed by atoms with Crippen molar-refractivity contribution in [1.29, 1.82) is 0 Å². The van der Waals surface area contributed by atoms with Gasteiger partial charge in [-0.25, -0.2) is 14.8 Å². The molecule has 198 valence electrons. The molecule has 1 atom stereocenters. The summed E-state index contributed by atoms with van der Waals surface area (Å²) in [7, 11) is 0.